The van der Waals surface area contributed by atoms with Gasteiger partial charge in [-0.2, -0.15) is 0 Å². The summed E-state index contributed by atoms with van der Waals surface area (Å²) < 4.78 is 15.5. The standard InChI is InChI=1S/C27H29FN4O3/c1-18(33)30-22-8-10-23(11-9-22)32-24(12-14-25(32)19-4-6-21(28)7-5-19)13-15-26(34)31-27(35)20-3-2-16-29-17-20/h4-12,14,20,29H,2-3,13,15-17H2,1H3,(H,30,33)(H,31,34,35)/t20-/m0/s1. The number of amides is 3. The summed E-state index contributed by atoms with van der Waals surface area (Å²) in [6.07, 6.45) is 2.27. The molecule has 182 valence electrons. The third kappa shape index (κ3) is 6.22. The molecule has 1 saturated heterocycles. The molecule has 3 aromatic rings. The van der Waals surface area contributed by atoms with Crippen LogP contribution in [-0.2, 0) is 20.8 Å². The highest BCUT2D eigenvalue weighted by molar-refractivity contribution is 5.96. The molecule has 2 aromatic carbocycles. The summed E-state index contributed by atoms with van der Waals surface area (Å²) in [6.45, 7) is 2.94. The highest BCUT2D eigenvalue weighted by Gasteiger charge is 2.22. The second-order valence-corrected chi connectivity index (χ2v) is 8.74. The van der Waals surface area contributed by atoms with Crippen LogP contribution in [0.15, 0.2) is 60.7 Å². The first-order valence-electron chi connectivity index (χ1n) is 11.8. The molecule has 3 amide bonds. The van der Waals surface area contributed by atoms with Gasteiger partial charge in [-0.1, -0.05) is 0 Å². The highest BCUT2D eigenvalue weighted by atomic mass is 19.1. The van der Waals surface area contributed by atoms with E-state index in [0.717, 1.165) is 42.0 Å². The lowest BCUT2D eigenvalue weighted by atomic mass is 9.99. The Balaban J connectivity index is 1.54. The Morgan fingerprint density at radius 3 is 2.43 bits per heavy atom. The van der Waals surface area contributed by atoms with Crippen LogP contribution in [0.2, 0.25) is 0 Å². The first-order valence-corrected chi connectivity index (χ1v) is 11.8. The van der Waals surface area contributed by atoms with Gasteiger partial charge in [-0.3, -0.25) is 19.7 Å². The molecule has 7 nitrogen and oxygen atoms in total. The molecule has 1 fully saturated rings. The maximum Gasteiger partial charge on any atom is 0.230 e. The number of halogens is 1. The van der Waals surface area contributed by atoms with E-state index in [2.05, 4.69) is 16.0 Å². The van der Waals surface area contributed by atoms with Gasteiger partial charge in [0.25, 0.3) is 0 Å². The van der Waals surface area contributed by atoms with Crippen LogP contribution in [0, 0.1) is 11.7 Å². The van der Waals surface area contributed by atoms with Gasteiger partial charge < -0.3 is 15.2 Å². The van der Waals surface area contributed by atoms with Crippen molar-refractivity contribution in [1.82, 2.24) is 15.2 Å². The van der Waals surface area contributed by atoms with Gasteiger partial charge >= 0.3 is 0 Å². The van der Waals surface area contributed by atoms with E-state index >= 15 is 0 Å². The summed E-state index contributed by atoms with van der Waals surface area (Å²) in [5, 5.41) is 8.48. The fraction of sp³-hybridized carbons (Fsp3) is 0.296. The lowest BCUT2D eigenvalue weighted by Crippen LogP contribution is -2.42. The number of hydrogen-bond donors (Lipinski definition) is 3. The van der Waals surface area contributed by atoms with Gasteiger partial charge in [0.2, 0.25) is 17.7 Å². The van der Waals surface area contributed by atoms with Crippen molar-refractivity contribution in [3.05, 3.63) is 72.2 Å². The number of rotatable bonds is 7. The second kappa shape index (κ2) is 11.1. The summed E-state index contributed by atoms with van der Waals surface area (Å²) in [6, 6.07) is 17.5. The van der Waals surface area contributed by atoms with Crippen molar-refractivity contribution >= 4 is 23.4 Å². The molecular formula is C27H29FN4O3. The molecule has 0 radical (unpaired) electrons. The molecule has 0 unspecified atom stereocenters. The van der Waals surface area contributed by atoms with Gasteiger partial charge in [0.1, 0.15) is 5.82 Å². The van der Waals surface area contributed by atoms with Gasteiger partial charge in [-0.15, -0.1) is 0 Å². The van der Waals surface area contributed by atoms with Crippen molar-refractivity contribution in [2.45, 2.75) is 32.6 Å². The SMILES string of the molecule is CC(=O)Nc1ccc(-n2c(CCC(=O)NC(=O)[C@H]3CCCNC3)ccc2-c2ccc(F)cc2)cc1. The van der Waals surface area contributed by atoms with Crippen LogP contribution < -0.4 is 16.0 Å². The lowest BCUT2D eigenvalue weighted by Gasteiger charge is -2.21. The normalized spacial score (nSPS) is 15.4. The number of carbonyl (C=O) groups excluding carboxylic acids is 3. The second-order valence-electron chi connectivity index (χ2n) is 8.74. The van der Waals surface area contributed by atoms with Crippen molar-refractivity contribution in [2.75, 3.05) is 18.4 Å². The number of aromatic nitrogens is 1. The predicted molar refractivity (Wildman–Crippen MR) is 133 cm³/mol. The fourth-order valence-electron chi connectivity index (χ4n) is 4.34. The van der Waals surface area contributed by atoms with E-state index in [4.69, 9.17) is 0 Å². The Morgan fingerprint density at radius 1 is 1.03 bits per heavy atom. The van der Waals surface area contributed by atoms with Gasteiger partial charge in [-0.25, -0.2) is 4.39 Å². The molecule has 35 heavy (non-hydrogen) atoms. The molecular weight excluding hydrogens is 447 g/mol. The Bertz CT molecular complexity index is 1200. The summed E-state index contributed by atoms with van der Waals surface area (Å²) in [5.41, 5.74) is 4.06. The number of carbonyl (C=O) groups is 3. The topological polar surface area (TPSA) is 92.2 Å². The van der Waals surface area contributed by atoms with E-state index in [9.17, 15) is 18.8 Å². The van der Waals surface area contributed by atoms with E-state index in [1.54, 1.807) is 24.3 Å². The summed E-state index contributed by atoms with van der Waals surface area (Å²) in [5.74, 6) is -1.18. The van der Waals surface area contributed by atoms with Crippen LogP contribution in [0.4, 0.5) is 10.1 Å². The van der Waals surface area contributed by atoms with Gasteiger partial charge in [0.05, 0.1) is 11.6 Å². The molecule has 0 spiro atoms. The number of benzene rings is 2. The molecule has 0 bridgehead atoms. The number of anilines is 1. The van der Waals surface area contributed by atoms with Crippen LogP contribution in [0.1, 0.15) is 31.9 Å². The van der Waals surface area contributed by atoms with Gasteiger partial charge in [-0.05, 0) is 92.0 Å². The molecule has 1 atom stereocenters. The van der Waals surface area contributed by atoms with E-state index < -0.39 is 0 Å². The molecule has 0 saturated carbocycles. The smallest absolute Gasteiger partial charge is 0.230 e. The Labute approximate surface area is 203 Å². The molecule has 2 heterocycles. The Morgan fingerprint density at radius 2 is 1.77 bits per heavy atom. The average Bonchev–Trinajstić information content (AvgIpc) is 3.28. The van der Waals surface area contributed by atoms with E-state index in [-0.39, 0.29) is 35.9 Å². The first kappa shape index (κ1) is 24.3. The first-order chi connectivity index (χ1) is 16.9. The molecule has 1 aliphatic heterocycles. The fourth-order valence-corrected chi connectivity index (χ4v) is 4.34. The minimum Gasteiger partial charge on any atom is -0.326 e. The minimum atomic E-state index is -0.318. The maximum atomic E-state index is 13.5. The zero-order chi connectivity index (χ0) is 24.8. The van der Waals surface area contributed by atoms with Gasteiger partial charge in [0, 0.05) is 37.0 Å². The average molecular weight is 477 g/mol. The summed E-state index contributed by atoms with van der Waals surface area (Å²) >= 11 is 0. The number of nitrogens with one attached hydrogen (secondary N) is 3. The highest BCUT2D eigenvalue weighted by Crippen LogP contribution is 2.28. The van der Waals surface area contributed by atoms with E-state index in [1.807, 2.05) is 28.8 Å². The summed E-state index contributed by atoms with van der Waals surface area (Å²) in [4.78, 5) is 36.3. The molecule has 0 aliphatic carbocycles. The van der Waals surface area contributed by atoms with Crippen LogP contribution in [0.5, 0.6) is 0 Å². The molecule has 3 N–H and O–H groups in total. The zero-order valence-corrected chi connectivity index (χ0v) is 19.6. The van der Waals surface area contributed by atoms with Crippen molar-refractivity contribution in [1.29, 1.82) is 0 Å². The summed E-state index contributed by atoms with van der Waals surface area (Å²) in [7, 11) is 0. The number of hydrogen-bond acceptors (Lipinski definition) is 4. The minimum absolute atomic E-state index is 0.155. The van der Waals surface area contributed by atoms with Crippen molar-refractivity contribution in [3.8, 4) is 16.9 Å². The molecule has 1 aliphatic rings. The molecule has 1 aromatic heterocycles. The van der Waals surface area contributed by atoms with E-state index in [0.29, 0.717) is 18.7 Å². The number of nitrogens with zero attached hydrogens (tertiary/aromatic N) is 1. The van der Waals surface area contributed by atoms with Gasteiger partial charge in [0.15, 0.2) is 0 Å². The molecule has 8 heteroatoms. The Hall–Kier alpha value is -3.78. The third-order valence-electron chi connectivity index (χ3n) is 6.09. The predicted octanol–water partition coefficient (Wildman–Crippen LogP) is 3.82. The van der Waals surface area contributed by atoms with Crippen LogP contribution in [-0.4, -0.2) is 35.4 Å². The lowest BCUT2D eigenvalue weighted by molar-refractivity contribution is -0.133. The maximum absolute atomic E-state index is 13.5. The van der Waals surface area contributed by atoms with Crippen LogP contribution >= 0.6 is 0 Å². The zero-order valence-electron chi connectivity index (χ0n) is 19.6. The number of aryl methyl sites for hydroxylation is 1. The number of imide groups is 1. The quantitative estimate of drug-likeness (QED) is 0.484. The third-order valence-corrected chi connectivity index (χ3v) is 6.09. The monoisotopic (exact) mass is 476 g/mol. The van der Waals surface area contributed by atoms with Crippen molar-refractivity contribution in [3.63, 3.8) is 0 Å². The van der Waals surface area contributed by atoms with E-state index in [1.165, 1.54) is 19.1 Å². The molecule has 4 rings (SSSR count). The van der Waals surface area contributed by atoms with Crippen LogP contribution in [0.25, 0.3) is 16.9 Å². The Kier molecular flexibility index (Phi) is 7.72. The largest absolute Gasteiger partial charge is 0.326 e. The van der Waals surface area contributed by atoms with Crippen molar-refractivity contribution < 1.29 is 18.8 Å². The van der Waals surface area contributed by atoms with Crippen molar-refractivity contribution in [2.24, 2.45) is 5.92 Å². The van der Waals surface area contributed by atoms with Crippen LogP contribution in [0.3, 0.4) is 0 Å². The number of piperidine rings is 1.